The molecular formula is C8H16O2. The Labute approximate surface area is 62.2 Å². The van der Waals surface area contributed by atoms with Crippen molar-refractivity contribution in [2.24, 2.45) is 11.8 Å². The van der Waals surface area contributed by atoms with E-state index in [4.69, 9.17) is 4.74 Å². The molecule has 2 heteroatoms. The summed E-state index contributed by atoms with van der Waals surface area (Å²) in [6.45, 7) is 6.19. The molecular weight excluding hydrogens is 128 g/mol. The van der Waals surface area contributed by atoms with Crippen molar-refractivity contribution >= 4 is 0 Å². The Morgan fingerprint density at radius 2 is 1.80 bits per heavy atom. The molecule has 1 saturated heterocycles. The quantitative estimate of drug-likeness (QED) is 0.556. The number of aliphatic hydroxyl groups excluding tert-OH is 1. The van der Waals surface area contributed by atoms with Crippen LogP contribution in [0.5, 0.6) is 0 Å². The van der Waals surface area contributed by atoms with Gasteiger partial charge in [0.05, 0.1) is 6.10 Å². The van der Waals surface area contributed by atoms with Crippen LogP contribution in [0.1, 0.15) is 27.2 Å². The van der Waals surface area contributed by atoms with E-state index in [0.29, 0.717) is 11.8 Å². The molecule has 1 fully saturated rings. The fourth-order valence-electron chi connectivity index (χ4n) is 1.38. The molecule has 0 aromatic carbocycles. The summed E-state index contributed by atoms with van der Waals surface area (Å²) in [6.07, 6.45) is 0.750. The highest BCUT2D eigenvalue weighted by Gasteiger charge is 2.29. The van der Waals surface area contributed by atoms with Crippen LogP contribution in [0.2, 0.25) is 0 Å². The molecule has 0 bridgehead atoms. The maximum absolute atomic E-state index is 9.24. The number of hydrogen-bond acceptors (Lipinski definition) is 2. The van der Waals surface area contributed by atoms with Crippen molar-refractivity contribution in [3.05, 3.63) is 0 Å². The van der Waals surface area contributed by atoms with Crippen LogP contribution in [0.15, 0.2) is 0 Å². The van der Waals surface area contributed by atoms with Crippen molar-refractivity contribution in [2.45, 2.75) is 39.6 Å². The normalized spacial score (nSPS) is 49.2. The van der Waals surface area contributed by atoms with E-state index in [-0.39, 0.29) is 6.10 Å². The molecule has 0 amide bonds. The summed E-state index contributed by atoms with van der Waals surface area (Å²) in [5.74, 6) is 0.879. The lowest BCUT2D eigenvalue weighted by atomic mass is 9.90. The van der Waals surface area contributed by atoms with Crippen LogP contribution in [-0.2, 0) is 4.74 Å². The minimum absolute atomic E-state index is 0.214. The van der Waals surface area contributed by atoms with E-state index in [1.165, 1.54) is 0 Å². The van der Waals surface area contributed by atoms with Gasteiger partial charge >= 0.3 is 0 Å². The molecule has 0 aliphatic carbocycles. The van der Waals surface area contributed by atoms with Gasteiger partial charge in [0.15, 0.2) is 6.29 Å². The van der Waals surface area contributed by atoms with Crippen molar-refractivity contribution in [3.8, 4) is 0 Å². The number of ether oxygens (including phenoxy) is 1. The monoisotopic (exact) mass is 144 g/mol. The predicted octanol–water partition coefficient (Wildman–Crippen LogP) is 1.39. The van der Waals surface area contributed by atoms with Gasteiger partial charge in [-0.15, -0.1) is 0 Å². The lowest BCUT2D eigenvalue weighted by Gasteiger charge is -2.34. The molecule has 1 unspecified atom stereocenters. The zero-order chi connectivity index (χ0) is 7.72. The maximum atomic E-state index is 9.24. The van der Waals surface area contributed by atoms with Crippen LogP contribution in [-0.4, -0.2) is 17.5 Å². The van der Waals surface area contributed by atoms with Crippen molar-refractivity contribution in [1.82, 2.24) is 0 Å². The highest BCUT2D eigenvalue weighted by atomic mass is 16.6. The molecule has 60 valence electrons. The molecule has 0 aromatic rings. The molecule has 0 spiro atoms. The van der Waals surface area contributed by atoms with E-state index in [1.807, 2.05) is 13.8 Å². The molecule has 1 aliphatic heterocycles. The Bertz CT molecular complexity index is 87.8. The molecule has 0 saturated carbocycles. The first-order valence-corrected chi connectivity index (χ1v) is 3.94. The predicted molar refractivity (Wildman–Crippen MR) is 39.5 cm³/mol. The van der Waals surface area contributed by atoms with Gasteiger partial charge < -0.3 is 9.84 Å². The number of hydrogen-bond donors (Lipinski definition) is 1. The summed E-state index contributed by atoms with van der Waals surface area (Å²) < 4.78 is 5.27. The van der Waals surface area contributed by atoms with Gasteiger partial charge in [0.25, 0.3) is 0 Å². The van der Waals surface area contributed by atoms with Gasteiger partial charge in [0.1, 0.15) is 0 Å². The highest BCUT2D eigenvalue weighted by molar-refractivity contribution is 4.72. The third-order valence-electron chi connectivity index (χ3n) is 2.39. The smallest absolute Gasteiger partial charge is 0.157 e. The summed E-state index contributed by atoms with van der Waals surface area (Å²) in [4.78, 5) is 0. The van der Waals surface area contributed by atoms with E-state index in [1.54, 1.807) is 0 Å². The molecule has 2 nitrogen and oxygen atoms in total. The molecule has 1 heterocycles. The van der Waals surface area contributed by atoms with Crippen molar-refractivity contribution in [1.29, 1.82) is 0 Å². The van der Waals surface area contributed by atoms with Gasteiger partial charge in [-0.25, -0.2) is 0 Å². The van der Waals surface area contributed by atoms with Crippen molar-refractivity contribution < 1.29 is 9.84 Å². The summed E-state index contributed by atoms with van der Waals surface area (Å²) in [5, 5.41) is 9.24. The molecule has 0 aromatic heterocycles. The first-order chi connectivity index (χ1) is 4.61. The Morgan fingerprint density at radius 1 is 1.20 bits per heavy atom. The van der Waals surface area contributed by atoms with Crippen LogP contribution in [0.3, 0.4) is 0 Å². The second-order valence-corrected chi connectivity index (χ2v) is 3.42. The zero-order valence-corrected chi connectivity index (χ0v) is 6.87. The van der Waals surface area contributed by atoms with E-state index in [0.717, 1.165) is 6.42 Å². The topological polar surface area (TPSA) is 29.5 Å². The number of aliphatic hydroxyl groups is 1. The van der Waals surface area contributed by atoms with Crippen LogP contribution >= 0.6 is 0 Å². The molecule has 10 heavy (non-hydrogen) atoms. The Balaban J connectivity index is 2.46. The fourth-order valence-corrected chi connectivity index (χ4v) is 1.38. The lowest BCUT2D eigenvalue weighted by Crippen LogP contribution is -2.37. The second kappa shape index (κ2) is 2.89. The van der Waals surface area contributed by atoms with Crippen molar-refractivity contribution in [2.75, 3.05) is 0 Å². The maximum Gasteiger partial charge on any atom is 0.157 e. The van der Waals surface area contributed by atoms with E-state index in [2.05, 4.69) is 6.92 Å². The molecule has 4 atom stereocenters. The van der Waals surface area contributed by atoms with Crippen LogP contribution in [0.25, 0.3) is 0 Å². The average molecular weight is 144 g/mol. The van der Waals surface area contributed by atoms with E-state index >= 15 is 0 Å². The van der Waals surface area contributed by atoms with Gasteiger partial charge in [-0.05, 0) is 19.3 Å². The second-order valence-electron chi connectivity index (χ2n) is 3.42. The zero-order valence-electron chi connectivity index (χ0n) is 6.87. The largest absolute Gasteiger partial charge is 0.368 e. The third-order valence-corrected chi connectivity index (χ3v) is 2.39. The van der Waals surface area contributed by atoms with E-state index < -0.39 is 6.29 Å². The van der Waals surface area contributed by atoms with Gasteiger partial charge in [0, 0.05) is 5.92 Å². The summed E-state index contributed by atoms with van der Waals surface area (Å²) in [7, 11) is 0. The molecule has 1 rings (SSSR count). The van der Waals surface area contributed by atoms with Gasteiger partial charge in [-0.2, -0.15) is 0 Å². The standard InChI is InChI=1S/C8H16O2/c1-5-4-6(2)8(9)10-7(5)3/h5-9H,4H2,1-3H3/t5-,6+,7+,8?/m0/s1. The molecule has 0 radical (unpaired) electrons. The summed E-state index contributed by atoms with van der Waals surface area (Å²) >= 11 is 0. The first-order valence-electron chi connectivity index (χ1n) is 3.94. The first kappa shape index (κ1) is 8.02. The fraction of sp³-hybridized carbons (Fsp3) is 1.00. The van der Waals surface area contributed by atoms with E-state index in [9.17, 15) is 5.11 Å². The summed E-state index contributed by atoms with van der Waals surface area (Å²) in [5.41, 5.74) is 0. The van der Waals surface area contributed by atoms with Gasteiger partial charge in [-0.3, -0.25) is 0 Å². The van der Waals surface area contributed by atoms with Crippen LogP contribution < -0.4 is 0 Å². The lowest BCUT2D eigenvalue weighted by molar-refractivity contribution is -0.200. The Hall–Kier alpha value is -0.0800. The minimum Gasteiger partial charge on any atom is -0.368 e. The summed E-state index contributed by atoms with van der Waals surface area (Å²) in [6, 6.07) is 0. The minimum atomic E-state index is -0.536. The van der Waals surface area contributed by atoms with Crippen LogP contribution in [0.4, 0.5) is 0 Å². The average Bonchev–Trinajstić information content (AvgIpc) is 1.84. The Morgan fingerprint density at radius 3 is 2.30 bits per heavy atom. The molecule has 1 aliphatic rings. The Kier molecular flexibility index (Phi) is 2.32. The van der Waals surface area contributed by atoms with Gasteiger partial charge in [0.2, 0.25) is 0 Å². The third kappa shape index (κ3) is 1.50. The highest BCUT2D eigenvalue weighted by Crippen LogP contribution is 2.27. The molecule has 1 N–H and O–H groups in total. The SMILES string of the molecule is C[C@@H]1C[C@H](C)[C@@H](C)OC1O. The van der Waals surface area contributed by atoms with Crippen molar-refractivity contribution in [3.63, 3.8) is 0 Å². The van der Waals surface area contributed by atoms with Gasteiger partial charge in [-0.1, -0.05) is 13.8 Å². The van der Waals surface area contributed by atoms with Crippen LogP contribution in [0, 0.1) is 11.8 Å². The number of rotatable bonds is 0.